The maximum absolute atomic E-state index is 5.58. The van der Waals surface area contributed by atoms with E-state index in [1.807, 2.05) is 12.3 Å². The summed E-state index contributed by atoms with van der Waals surface area (Å²) in [6.45, 7) is 14.7. The molecule has 0 atom stereocenters. The monoisotopic (exact) mass is 487 g/mol. The number of piperidine rings is 1. The molecule has 0 aromatic carbocycles. The number of hydrogen-bond donors (Lipinski definition) is 1. The van der Waals surface area contributed by atoms with Gasteiger partial charge >= 0.3 is 0 Å². The van der Waals surface area contributed by atoms with Gasteiger partial charge in [0.25, 0.3) is 0 Å². The van der Waals surface area contributed by atoms with Crippen molar-refractivity contribution >= 4 is 5.65 Å². The Hall–Kier alpha value is -3.26. The number of pyridine rings is 2. The summed E-state index contributed by atoms with van der Waals surface area (Å²) in [6.07, 6.45) is 7.99. The SMILES string of the molecule is COc1cc(-c2[nH]nc(-c3cc(C)c(C4CCN(CC(C)C)CC4)cn3)c2C(C)C)cn2ncnc12. The van der Waals surface area contributed by atoms with Gasteiger partial charge in [-0.3, -0.25) is 10.1 Å². The number of H-pyrrole nitrogens is 1. The molecule has 0 unspecified atom stereocenters. The van der Waals surface area contributed by atoms with Gasteiger partial charge in [-0.15, -0.1) is 0 Å². The van der Waals surface area contributed by atoms with Crippen LogP contribution in [0, 0.1) is 12.8 Å². The third kappa shape index (κ3) is 4.62. The van der Waals surface area contributed by atoms with Gasteiger partial charge in [-0.2, -0.15) is 10.2 Å². The van der Waals surface area contributed by atoms with Gasteiger partial charge in [0.15, 0.2) is 11.4 Å². The van der Waals surface area contributed by atoms with Crippen LogP contribution in [-0.4, -0.2) is 61.4 Å². The molecule has 1 N–H and O–H groups in total. The molecule has 0 radical (unpaired) electrons. The maximum Gasteiger partial charge on any atom is 0.197 e. The molecule has 1 fully saturated rings. The number of aromatic nitrogens is 6. The van der Waals surface area contributed by atoms with E-state index in [1.54, 1.807) is 11.6 Å². The fourth-order valence-electron chi connectivity index (χ4n) is 5.58. The van der Waals surface area contributed by atoms with Crippen LogP contribution >= 0.6 is 0 Å². The molecule has 36 heavy (non-hydrogen) atoms. The molecular weight excluding hydrogens is 450 g/mol. The van der Waals surface area contributed by atoms with E-state index in [4.69, 9.17) is 14.8 Å². The Morgan fingerprint density at radius 3 is 2.56 bits per heavy atom. The molecule has 0 bridgehead atoms. The molecule has 1 aliphatic rings. The molecular formula is C28H37N7O. The zero-order valence-electron chi connectivity index (χ0n) is 22.2. The molecule has 1 saturated heterocycles. The van der Waals surface area contributed by atoms with E-state index in [2.05, 4.69) is 67.0 Å². The predicted octanol–water partition coefficient (Wildman–Crippen LogP) is 5.46. The Labute approximate surface area is 213 Å². The van der Waals surface area contributed by atoms with E-state index < -0.39 is 0 Å². The van der Waals surface area contributed by atoms with Crippen molar-refractivity contribution in [3.8, 4) is 28.4 Å². The van der Waals surface area contributed by atoms with Gasteiger partial charge in [-0.1, -0.05) is 27.7 Å². The van der Waals surface area contributed by atoms with Crippen LogP contribution in [0.25, 0.3) is 28.3 Å². The first-order chi connectivity index (χ1) is 17.4. The first-order valence-electron chi connectivity index (χ1n) is 13.0. The van der Waals surface area contributed by atoms with Gasteiger partial charge in [0.05, 0.1) is 18.5 Å². The number of aromatic amines is 1. The fourth-order valence-corrected chi connectivity index (χ4v) is 5.58. The normalized spacial score (nSPS) is 15.4. The summed E-state index contributed by atoms with van der Waals surface area (Å²) in [4.78, 5) is 11.8. The van der Waals surface area contributed by atoms with Crippen LogP contribution < -0.4 is 4.74 Å². The molecule has 8 heteroatoms. The van der Waals surface area contributed by atoms with Gasteiger partial charge < -0.3 is 9.64 Å². The molecule has 8 nitrogen and oxygen atoms in total. The van der Waals surface area contributed by atoms with Crippen molar-refractivity contribution in [2.45, 2.75) is 59.3 Å². The van der Waals surface area contributed by atoms with Gasteiger partial charge in [0, 0.05) is 30.1 Å². The quantitative estimate of drug-likeness (QED) is 0.373. The first kappa shape index (κ1) is 24.4. The molecule has 1 aliphatic heterocycles. The molecule has 4 aromatic heterocycles. The molecule has 5 heterocycles. The number of nitrogens with zero attached hydrogens (tertiary/aromatic N) is 6. The van der Waals surface area contributed by atoms with E-state index in [1.165, 1.54) is 49.9 Å². The van der Waals surface area contributed by atoms with Crippen molar-refractivity contribution in [3.05, 3.63) is 47.5 Å². The zero-order valence-corrected chi connectivity index (χ0v) is 22.2. The standard InChI is InChI=1S/C28H37N7O/c1-17(2)14-34-9-7-20(8-10-34)22-13-29-23(11-19(22)5)27-25(18(3)4)26(32-33-27)21-12-24(36-6)28-30-16-31-35(28)15-21/h11-13,15-18,20H,7-10,14H2,1-6H3,(H,32,33). The van der Waals surface area contributed by atoms with E-state index in [0.717, 1.165) is 34.1 Å². The second kappa shape index (κ2) is 10.0. The van der Waals surface area contributed by atoms with E-state index in [0.29, 0.717) is 17.3 Å². The highest BCUT2D eigenvalue weighted by Crippen LogP contribution is 2.38. The molecule has 190 valence electrons. The second-order valence-electron chi connectivity index (χ2n) is 10.7. The number of nitrogens with one attached hydrogen (secondary N) is 1. The van der Waals surface area contributed by atoms with Crippen LogP contribution in [0.1, 0.15) is 69.1 Å². The number of hydrogen-bond acceptors (Lipinski definition) is 6. The Balaban J connectivity index is 1.45. The Bertz CT molecular complexity index is 1350. The highest BCUT2D eigenvalue weighted by molar-refractivity contribution is 5.75. The summed E-state index contributed by atoms with van der Waals surface area (Å²) in [5.41, 5.74) is 8.23. The maximum atomic E-state index is 5.58. The summed E-state index contributed by atoms with van der Waals surface area (Å²) in [6, 6.07) is 4.20. The summed E-state index contributed by atoms with van der Waals surface area (Å²) in [5, 5.41) is 12.3. The third-order valence-electron chi connectivity index (χ3n) is 7.28. The van der Waals surface area contributed by atoms with Crippen LogP contribution in [0.4, 0.5) is 0 Å². The smallest absolute Gasteiger partial charge is 0.197 e. The zero-order chi connectivity index (χ0) is 25.4. The Kier molecular flexibility index (Phi) is 6.79. The predicted molar refractivity (Wildman–Crippen MR) is 142 cm³/mol. The van der Waals surface area contributed by atoms with Crippen molar-refractivity contribution < 1.29 is 4.74 Å². The van der Waals surface area contributed by atoms with Crippen LogP contribution in [0.5, 0.6) is 5.75 Å². The minimum absolute atomic E-state index is 0.248. The van der Waals surface area contributed by atoms with E-state index in [-0.39, 0.29) is 5.92 Å². The summed E-state index contributed by atoms with van der Waals surface area (Å²) in [5.74, 6) is 2.22. The fraction of sp³-hybridized carbons (Fsp3) is 0.500. The number of ether oxygens (including phenoxy) is 1. The van der Waals surface area contributed by atoms with Crippen molar-refractivity contribution in [3.63, 3.8) is 0 Å². The minimum atomic E-state index is 0.248. The molecule has 0 saturated carbocycles. The van der Waals surface area contributed by atoms with Gasteiger partial charge in [0.2, 0.25) is 0 Å². The molecule has 4 aromatic rings. The molecule has 0 amide bonds. The van der Waals surface area contributed by atoms with Crippen molar-refractivity contribution in [2.24, 2.45) is 5.92 Å². The van der Waals surface area contributed by atoms with E-state index >= 15 is 0 Å². The lowest BCUT2D eigenvalue weighted by atomic mass is 9.87. The number of methoxy groups -OCH3 is 1. The molecule has 0 spiro atoms. The number of rotatable bonds is 7. The largest absolute Gasteiger partial charge is 0.493 e. The van der Waals surface area contributed by atoms with Gasteiger partial charge in [-0.25, -0.2) is 9.50 Å². The van der Waals surface area contributed by atoms with Crippen LogP contribution in [0.3, 0.4) is 0 Å². The number of likely N-dealkylation sites (tertiary alicyclic amines) is 1. The van der Waals surface area contributed by atoms with Crippen molar-refractivity contribution in [2.75, 3.05) is 26.7 Å². The summed E-state index contributed by atoms with van der Waals surface area (Å²) in [7, 11) is 1.65. The topological polar surface area (TPSA) is 84.2 Å². The van der Waals surface area contributed by atoms with Gasteiger partial charge in [0.1, 0.15) is 12.0 Å². The summed E-state index contributed by atoms with van der Waals surface area (Å²) >= 11 is 0. The average molecular weight is 488 g/mol. The lowest BCUT2D eigenvalue weighted by molar-refractivity contribution is 0.192. The first-order valence-corrected chi connectivity index (χ1v) is 13.0. The number of fused-ring (bicyclic) bond motifs is 1. The van der Waals surface area contributed by atoms with Crippen LogP contribution in [0.15, 0.2) is 30.9 Å². The highest BCUT2D eigenvalue weighted by Gasteiger charge is 2.25. The lowest BCUT2D eigenvalue weighted by Crippen LogP contribution is -2.35. The molecule has 5 rings (SSSR count). The van der Waals surface area contributed by atoms with Crippen molar-refractivity contribution in [1.82, 2.24) is 34.7 Å². The number of aryl methyl sites for hydroxylation is 1. The average Bonchev–Trinajstić information content (AvgIpc) is 3.51. The highest BCUT2D eigenvalue weighted by atomic mass is 16.5. The minimum Gasteiger partial charge on any atom is -0.493 e. The Morgan fingerprint density at radius 2 is 1.89 bits per heavy atom. The second-order valence-corrected chi connectivity index (χ2v) is 10.7. The van der Waals surface area contributed by atoms with E-state index in [9.17, 15) is 0 Å². The van der Waals surface area contributed by atoms with Crippen molar-refractivity contribution in [1.29, 1.82) is 0 Å². The molecule has 0 aliphatic carbocycles. The third-order valence-corrected chi connectivity index (χ3v) is 7.28. The summed E-state index contributed by atoms with van der Waals surface area (Å²) < 4.78 is 7.32. The van der Waals surface area contributed by atoms with Gasteiger partial charge in [-0.05, 0) is 73.9 Å². The van der Waals surface area contributed by atoms with Crippen LogP contribution in [-0.2, 0) is 0 Å². The lowest BCUT2D eigenvalue weighted by Gasteiger charge is -2.33. The Morgan fingerprint density at radius 1 is 1.11 bits per heavy atom. The van der Waals surface area contributed by atoms with Crippen LogP contribution in [0.2, 0.25) is 0 Å².